The van der Waals surface area contributed by atoms with Gasteiger partial charge >= 0.3 is 24.1 Å². The van der Waals surface area contributed by atoms with Crippen molar-refractivity contribution in [3.8, 4) is 0 Å². The largest absolute Gasteiger partial charge is 0.467 e. The van der Waals surface area contributed by atoms with Gasteiger partial charge < -0.3 is 33.5 Å². The Balaban J connectivity index is 0.000000561. The van der Waals surface area contributed by atoms with E-state index in [1.54, 1.807) is 41.5 Å². The fraction of sp³-hybridized carbons (Fsp3) is 0.895. The first-order chi connectivity index (χ1) is 25.3. The Labute approximate surface area is 338 Å². The molecule has 2 saturated heterocycles. The molecular formula is C38H74N6O10Si2. The molecule has 0 bridgehead atoms. The number of carbonyl (C=O) groups excluding carboxylic acids is 4. The molecule has 56 heavy (non-hydrogen) atoms. The first-order valence-corrected chi connectivity index (χ1v) is 25.4. The monoisotopic (exact) mass is 831 g/mol. The molecule has 0 unspecified atom stereocenters. The Kier molecular flexibility index (Phi) is 18.0. The van der Waals surface area contributed by atoms with E-state index in [1.807, 2.05) is 0 Å². The molecule has 2 rings (SSSR count). The molecule has 0 aromatic carbocycles. The second-order valence-corrected chi connectivity index (χ2v) is 29.1. The fourth-order valence-electron chi connectivity index (χ4n) is 6.07. The van der Waals surface area contributed by atoms with E-state index in [4.69, 9.17) is 39.1 Å². The molecule has 0 saturated carbocycles. The van der Waals surface area contributed by atoms with Crippen LogP contribution in [0.1, 0.15) is 109 Å². The number of azide groups is 1. The number of likely N-dealkylation sites (tertiary alicyclic amines) is 2. The molecule has 0 radical (unpaired) electrons. The van der Waals surface area contributed by atoms with Gasteiger partial charge in [0.15, 0.2) is 16.6 Å². The van der Waals surface area contributed by atoms with Gasteiger partial charge in [-0.05, 0) is 103 Å². The van der Waals surface area contributed by atoms with Crippen molar-refractivity contribution in [3.05, 3.63) is 10.4 Å². The number of methoxy groups -OCH3 is 2. The summed E-state index contributed by atoms with van der Waals surface area (Å²) in [5, 5.41) is 3.59. The minimum Gasteiger partial charge on any atom is -0.467 e. The Morgan fingerprint density at radius 3 is 1.29 bits per heavy atom. The number of nitrogens with zero attached hydrogens (tertiary/aromatic N) is 5. The van der Waals surface area contributed by atoms with Crippen molar-refractivity contribution < 1.29 is 47.0 Å². The van der Waals surface area contributed by atoms with Gasteiger partial charge in [0.2, 0.25) is 0 Å². The quantitative estimate of drug-likeness (QED) is 0.0529. The molecule has 6 atom stereocenters. The lowest BCUT2D eigenvalue weighted by Crippen LogP contribution is -2.51. The predicted octanol–water partition coefficient (Wildman–Crippen LogP) is 7.90. The summed E-state index contributed by atoms with van der Waals surface area (Å²) in [7, 11) is -1.65. The highest BCUT2D eigenvalue weighted by molar-refractivity contribution is 6.74. The van der Waals surface area contributed by atoms with Gasteiger partial charge in [-0.3, -0.25) is 9.80 Å². The third-order valence-electron chi connectivity index (χ3n) is 10.9. The summed E-state index contributed by atoms with van der Waals surface area (Å²) in [6.45, 7) is 32.7. The molecule has 2 amide bonds. The van der Waals surface area contributed by atoms with Crippen molar-refractivity contribution in [3.63, 3.8) is 0 Å². The zero-order valence-electron chi connectivity index (χ0n) is 37.6. The van der Waals surface area contributed by atoms with E-state index < -0.39 is 70.1 Å². The summed E-state index contributed by atoms with van der Waals surface area (Å²) in [6.07, 6.45) is -0.157. The molecule has 16 nitrogen and oxygen atoms in total. The second kappa shape index (κ2) is 19.7. The van der Waals surface area contributed by atoms with Crippen molar-refractivity contribution in [1.29, 1.82) is 0 Å². The van der Waals surface area contributed by atoms with E-state index >= 15 is 0 Å². The summed E-state index contributed by atoms with van der Waals surface area (Å²) in [6, 6.07) is -2.30. The number of hydrogen-bond acceptors (Lipinski definition) is 12. The number of hydrogen-bond donors (Lipinski definition) is 1. The van der Waals surface area contributed by atoms with Crippen molar-refractivity contribution >= 4 is 40.8 Å². The molecule has 0 spiro atoms. The van der Waals surface area contributed by atoms with Crippen LogP contribution in [0.15, 0.2) is 5.11 Å². The molecule has 2 heterocycles. The maximum Gasteiger partial charge on any atom is 0.411 e. The van der Waals surface area contributed by atoms with Crippen molar-refractivity contribution in [1.82, 2.24) is 9.80 Å². The first kappa shape index (κ1) is 51.1. The molecular weight excluding hydrogens is 757 g/mol. The molecule has 2 aliphatic rings. The number of esters is 2. The minimum absolute atomic E-state index is 0.0143. The molecule has 0 aromatic heterocycles. The third-order valence-corrected chi connectivity index (χ3v) is 19.9. The van der Waals surface area contributed by atoms with Gasteiger partial charge in [-0.1, -0.05) is 46.7 Å². The standard InChI is InChI=1S/C19H36N4O5Si.C19H38N2O5Si/c1-18(2,3)27-17(25)23-13(10-11-21-22-20)15(12-14(23)16(24)26-7)28-29(8,9)19(4,5)6;1-18(2,3)25-17(23)21-13(10-11-20)15(12-14(21)16(22)24-7)26-27(8,9)19(4,5)6/h13-15H,10-12H2,1-9H3;13-15H,10-12,20H2,1-9H3/t2*13-,14+,15-/m11/s1. The molecule has 18 heteroatoms. The lowest BCUT2D eigenvalue weighted by atomic mass is 10.1. The van der Waals surface area contributed by atoms with Gasteiger partial charge in [-0.15, -0.1) is 0 Å². The Hall–Kier alpha value is -2.90. The molecule has 0 aliphatic carbocycles. The Bertz CT molecular complexity index is 1400. The summed E-state index contributed by atoms with van der Waals surface area (Å²) < 4.78 is 34.2. The van der Waals surface area contributed by atoms with E-state index in [-0.39, 0.29) is 34.9 Å². The van der Waals surface area contributed by atoms with Gasteiger partial charge in [-0.2, -0.15) is 0 Å². The lowest BCUT2D eigenvalue weighted by molar-refractivity contribution is -0.146. The summed E-state index contributed by atoms with van der Waals surface area (Å²) >= 11 is 0. The van der Waals surface area contributed by atoms with E-state index in [2.05, 4.69) is 77.8 Å². The highest BCUT2D eigenvalue weighted by Crippen LogP contribution is 2.43. The SMILES string of the molecule is COC(=O)[C@@H]1C[C@@H](O[Si](C)(C)C(C)(C)C)[C@@H](CCN)N1C(=O)OC(C)(C)C.COC(=O)[C@@H]1C[C@@H](O[Si](C)(C)C(C)(C)C)[C@@H](CCN=[N+]=[N-])N1C(=O)OC(C)(C)C. The maximum atomic E-state index is 13.0. The number of amides is 2. The number of rotatable bonds is 11. The summed E-state index contributed by atoms with van der Waals surface area (Å²) in [5.41, 5.74) is 13.1. The first-order valence-electron chi connectivity index (χ1n) is 19.5. The van der Waals surface area contributed by atoms with E-state index in [0.717, 1.165) is 0 Å². The van der Waals surface area contributed by atoms with Gasteiger partial charge in [0.25, 0.3) is 0 Å². The van der Waals surface area contributed by atoms with Crippen LogP contribution in [0, 0.1) is 0 Å². The van der Waals surface area contributed by atoms with Gasteiger partial charge in [0.05, 0.1) is 38.5 Å². The Morgan fingerprint density at radius 1 is 0.679 bits per heavy atom. The van der Waals surface area contributed by atoms with Gasteiger partial charge in [-0.25, -0.2) is 19.2 Å². The molecule has 2 fully saturated rings. The number of carbonyl (C=O) groups is 4. The highest BCUT2D eigenvalue weighted by atomic mass is 28.4. The fourth-order valence-corrected chi connectivity index (χ4v) is 8.79. The maximum absolute atomic E-state index is 13.0. The van der Waals surface area contributed by atoms with Crippen LogP contribution in [0.25, 0.3) is 10.4 Å². The van der Waals surface area contributed by atoms with Crippen molar-refractivity contribution in [2.24, 2.45) is 10.8 Å². The summed E-state index contributed by atoms with van der Waals surface area (Å²) in [5.74, 6) is -0.963. The molecule has 324 valence electrons. The molecule has 0 aromatic rings. The van der Waals surface area contributed by atoms with Crippen LogP contribution in [-0.2, 0) is 37.4 Å². The smallest absolute Gasteiger partial charge is 0.411 e. The van der Waals surface area contributed by atoms with Crippen LogP contribution < -0.4 is 5.73 Å². The van der Waals surface area contributed by atoms with Crippen LogP contribution in [0.4, 0.5) is 9.59 Å². The topological polar surface area (TPSA) is 205 Å². The van der Waals surface area contributed by atoms with Crippen LogP contribution >= 0.6 is 0 Å². The second-order valence-electron chi connectivity index (χ2n) is 19.6. The average Bonchev–Trinajstić information content (AvgIpc) is 3.55. The summed E-state index contributed by atoms with van der Waals surface area (Å²) in [4.78, 5) is 56.5. The number of nitrogens with two attached hydrogens (primary N) is 1. The van der Waals surface area contributed by atoms with Crippen LogP contribution in [0.5, 0.6) is 0 Å². The third kappa shape index (κ3) is 14.2. The minimum atomic E-state index is -2.18. The van der Waals surface area contributed by atoms with Crippen LogP contribution in [-0.4, -0.2) is 125 Å². The molecule has 2 aliphatic heterocycles. The zero-order valence-corrected chi connectivity index (χ0v) is 39.6. The average molecular weight is 831 g/mol. The molecule has 2 N–H and O–H groups in total. The number of ether oxygens (including phenoxy) is 4. The van der Waals surface area contributed by atoms with Crippen LogP contribution in [0.3, 0.4) is 0 Å². The van der Waals surface area contributed by atoms with E-state index in [1.165, 1.54) is 24.0 Å². The highest BCUT2D eigenvalue weighted by Gasteiger charge is 2.53. The van der Waals surface area contributed by atoms with Crippen LogP contribution in [0.2, 0.25) is 36.3 Å². The predicted molar refractivity (Wildman–Crippen MR) is 221 cm³/mol. The van der Waals surface area contributed by atoms with E-state index in [0.29, 0.717) is 32.2 Å². The normalized spacial score (nSPS) is 23.4. The lowest BCUT2D eigenvalue weighted by Gasteiger charge is -2.40. The zero-order chi connectivity index (χ0) is 43.8. The Morgan fingerprint density at radius 2 is 1.02 bits per heavy atom. The van der Waals surface area contributed by atoms with Gasteiger partial charge in [0, 0.05) is 24.3 Å². The van der Waals surface area contributed by atoms with Crippen molar-refractivity contribution in [2.75, 3.05) is 27.3 Å². The van der Waals surface area contributed by atoms with E-state index in [9.17, 15) is 19.2 Å². The van der Waals surface area contributed by atoms with Crippen molar-refractivity contribution in [2.45, 2.75) is 193 Å². The van der Waals surface area contributed by atoms with Gasteiger partial charge in [0.1, 0.15) is 23.3 Å².